The Balaban J connectivity index is 5.26. The monoisotopic (exact) mass is 433 g/mol. The van der Waals surface area contributed by atoms with E-state index in [1.54, 1.807) is 0 Å². The molecule has 0 saturated carbocycles. The predicted molar refractivity (Wildman–Crippen MR) is 99.9 cm³/mol. The number of unbranched alkanes of at least 4 members (excludes halogenated alkanes) is 1. The first-order chi connectivity index (χ1) is 14.0. The van der Waals surface area contributed by atoms with Crippen LogP contribution >= 0.6 is 0 Å². The summed E-state index contributed by atoms with van der Waals surface area (Å²) >= 11 is 0. The van der Waals surface area contributed by atoms with E-state index in [0.717, 1.165) is 0 Å². The van der Waals surface area contributed by atoms with Gasteiger partial charge in [-0.05, 0) is 25.8 Å². The molecule has 0 radical (unpaired) electrons. The van der Waals surface area contributed by atoms with Crippen molar-refractivity contribution in [3.05, 3.63) is 0 Å². The van der Waals surface area contributed by atoms with Gasteiger partial charge in [0.1, 0.15) is 18.6 Å². The zero-order valence-electron chi connectivity index (χ0n) is 16.1. The second-order valence-electron chi connectivity index (χ2n) is 6.32. The fourth-order valence-electron chi connectivity index (χ4n) is 2.26. The summed E-state index contributed by atoms with van der Waals surface area (Å²) < 4.78 is 0. The third-order valence-corrected chi connectivity index (χ3v) is 3.74. The number of carboxylic acids is 3. The van der Waals surface area contributed by atoms with Crippen molar-refractivity contribution in [2.24, 2.45) is 11.5 Å². The normalized spacial score (nSPS) is 13.4. The van der Waals surface area contributed by atoms with Crippen molar-refractivity contribution in [1.29, 1.82) is 0 Å². The zero-order chi connectivity index (χ0) is 23.3. The highest BCUT2D eigenvalue weighted by atomic mass is 16.4. The minimum absolute atomic E-state index is 0.0840. The maximum Gasteiger partial charge on any atom is 0.322 e. The van der Waals surface area contributed by atoms with Crippen LogP contribution in [0.5, 0.6) is 0 Å². The van der Waals surface area contributed by atoms with Crippen molar-refractivity contribution in [2.45, 2.75) is 50.2 Å². The van der Waals surface area contributed by atoms with Crippen LogP contribution in [0.3, 0.4) is 0 Å². The van der Waals surface area contributed by atoms with Gasteiger partial charge in [0.05, 0.1) is 18.9 Å². The summed E-state index contributed by atoms with van der Waals surface area (Å²) in [6, 6.07) is -4.37. The van der Waals surface area contributed by atoms with E-state index in [9.17, 15) is 28.8 Å². The summed E-state index contributed by atoms with van der Waals surface area (Å²) in [5.74, 6) is -7.03. The Morgan fingerprint density at radius 1 is 0.733 bits per heavy atom. The average molecular weight is 433 g/mol. The van der Waals surface area contributed by atoms with Crippen molar-refractivity contribution >= 4 is 35.6 Å². The fourth-order valence-corrected chi connectivity index (χ4v) is 2.26. The number of carbonyl (C=O) groups is 6. The van der Waals surface area contributed by atoms with Crippen LogP contribution in [-0.4, -0.2) is 82.2 Å². The topological polar surface area (TPSA) is 251 Å². The molecule has 0 aliphatic carbocycles. The molecule has 0 bridgehead atoms. The van der Waals surface area contributed by atoms with E-state index < -0.39 is 73.1 Å². The molecule has 0 aliphatic rings. The molecule has 3 unspecified atom stereocenters. The van der Waals surface area contributed by atoms with E-state index in [4.69, 9.17) is 26.8 Å². The van der Waals surface area contributed by atoms with Crippen LogP contribution in [0.1, 0.15) is 32.1 Å². The fraction of sp³-hybridized carbons (Fsp3) is 0.625. The average Bonchev–Trinajstić information content (AvgIpc) is 2.63. The lowest BCUT2D eigenvalue weighted by molar-refractivity contribution is -0.142. The molecule has 3 atom stereocenters. The molecule has 14 heteroatoms. The molecule has 170 valence electrons. The number of nitrogens with one attached hydrogen (secondary N) is 3. The standard InChI is InChI=1S/C16H27N5O9/c17-4-2-1-3-9(15(29)19-7-13(26)27)20-16(30)10(6-12(24)25)21-14(28)8(18)5-11(22)23/h8-10H,1-7,17-18H2,(H,19,29)(H,20,30)(H,21,28)(H,22,23)(H,24,25)(H,26,27). The number of hydrogen-bond donors (Lipinski definition) is 8. The number of rotatable bonds is 15. The smallest absolute Gasteiger partial charge is 0.322 e. The summed E-state index contributed by atoms with van der Waals surface area (Å²) in [7, 11) is 0. The Morgan fingerprint density at radius 3 is 1.80 bits per heavy atom. The van der Waals surface area contributed by atoms with Crippen molar-refractivity contribution < 1.29 is 44.1 Å². The lowest BCUT2D eigenvalue weighted by Crippen LogP contribution is -2.56. The highest BCUT2D eigenvalue weighted by Crippen LogP contribution is 2.04. The van der Waals surface area contributed by atoms with E-state index in [2.05, 4.69) is 10.6 Å². The van der Waals surface area contributed by atoms with Crippen molar-refractivity contribution in [2.75, 3.05) is 13.1 Å². The lowest BCUT2D eigenvalue weighted by atomic mass is 10.1. The lowest BCUT2D eigenvalue weighted by Gasteiger charge is -2.23. The molecule has 3 amide bonds. The van der Waals surface area contributed by atoms with Gasteiger partial charge in [-0.3, -0.25) is 28.8 Å². The van der Waals surface area contributed by atoms with Crippen LogP contribution in [-0.2, 0) is 28.8 Å². The molecule has 0 aromatic rings. The maximum absolute atomic E-state index is 12.5. The molecule has 0 aromatic heterocycles. The summed E-state index contributed by atoms with van der Waals surface area (Å²) in [4.78, 5) is 68.9. The van der Waals surface area contributed by atoms with Crippen LogP contribution in [0.25, 0.3) is 0 Å². The summed E-state index contributed by atoms with van der Waals surface area (Å²) in [5, 5.41) is 32.7. The van der Waals surface area contributed by atoms with E-state index >= 15 is 0 Å². The van der Waals surface area contributed by atoms with E-state index in [-0.39, 0.29) is 6.42 Å². The molecular formula is C16H27N5O9. The van der Waals surface area contributed by atoms with Gasteiger partial charge in [0, 0.05) is 0 Å². The van der Waals surface area contributed by atoms with Crippen LogP contribution < -0.4 is 27.4 Å². The maximum atomic E-state index is 12.5. The number of carboxylic acid groups (broad SMARTS) is 3. The Bertz CT molecular complexity index is 655. The molecule has 0 aliphatic heterocycles. The Hall–Kier alpha value is -3.26. The first kappa shape index (κ1) is 26.7. The Morgan fingerprint density at radius 2 is 1.30 bits per heavy atom. The molecule has 0 aromatic carbocycles. The van der Waals surface area contributed by atoms with E-state index in [1.165, 1.54) is 0 Å². The molecule has 14 nitrogen and oxygen atoms in total. The summed E-state index contributed by atoms with van der Waals surface area (Å²) in [5.41, 5.74) is 10.8. The van der Waals surface area contributed by atoms with Crippen molar-refractivity contribution in [1.82, 2.24) is 16.0 Å². The molecule has 0 rings (SSSR count). The van der Waals surface area contributed by atoms with Gasteiger partial charge < -0.3 is 42.7 Å². The molecule has 30 heavy (non-hydrogen) atoms. The third-order valence-electron chi connectivity index (χ3n) is 3.74. The van der Waals surface area contributed by atoms with Crippen LogP contribution in [0.4, 0.5) is 0 Å². The number of aliphatic carboxylic acids is 3. The van der Waals surface area contributed by atoms with Gasteiger partial charge in [-0.2, -0.15) is 0 Å². The first-order valence-corrected chi connectivity index (χ1v) is 8.97. The first-order valence-electron chi connectivity index (χ1n) is 8.97. The number of nitrogens with two attached hydrogens (primary N) is 2. The van der Waals surface area contributed by atoms with Gasteiger partial charge >= 0.3 is 17.9 Å². The van der Waals surface area contributed by atoms with Crippen molar-refractivity contribution in [3.63, 3.8) is 0 Å². The van der Waals surface area contributed by atoms with Crippen molar-refractivity contribution in [3.8, 4) is 0 Å². The summed E-state index contributed by atoms with van der Waals surface area (Å²) in [6.07, 6.45) is -0.601. The van der Waals surface area contributed by atoms with Gasteiger partial charge in [0.25, 0.3) is 0 Å². The third kappa shape index (κ3) is 11.6. The molecule has 0 fully saturated rings. The van der Waals surface area contributed by atoms with E-state index in [0.29, 0.717) is 19.4 Å². The second-order valence-corrected chi connectivity index (χ2v) is 6.32. The Labute approximate surface area is 171 Å². The minimum Gasteiger partial charge on any atom is -0.481 e. The number of carbonyl (C=O) groups excluding carboxylic acids is 3. The quantitative estimate of drug-likeness (QED) is 0.118. The van der Waals surface area contributed by atoms with Gasteiger partial charge in [-0.25, -0.2) is 0 Å². The highest BCUT2D eigenvalue weighted by molar-refractivity contribution is 5.95. The van der Waals surface area contributed by atoms with Crippen LogP contribution in [0, 0.1) is 0 Å². The highest BCUT2D eigenvalue weighted by Gasteiger charge is 2.30. The largest absolute Gasteiger partial charge is 0.481 e. The minimum atomic E-state index is -1.64. The molecule has 10 N–H and O–H groups in total. The molecule has 0 spiro atoms. The SMILES string of the molecule is NCCCCC(NC(=O)C(CC(=O)O)NC(=O)C(N)CC(=O)O)C(=O)NCC(=O)O. The van der Waals surface area contributed by atoms with Gasteiger partial charge in [-0.15, -0.1) is 0 Å². The van der Waals surface area contributed by atoms with Gasteiger partial charge in [0.2, 0.25) is 17.7 Å². The zero-order valence-corrected chi connectivity index (χ0v) is 16.1. The van der Waals surface area contributed by atoms with Crippen LogP contribution in [0.15, 0.2) is 0 Å². The van der Waals surface area contributed by atoms with E-state index in [1.807, 2.05) is 5.32 Å². The molecular weight excluding hydrogens is 406 g/mol. The summed E-state index contributed by atoms with van der Waals surface area (Å²) in [6.45, 7) is -0.377. The molecule has 0 heterocycles. The second kappa shape index (κ2) is 13.8. The van der Waals surface area contributed by atoms with Crippen LogP contribution in [0.2, 0.25) is 0 Å². The van der Waals surface area contributed by atoms with Gasteiger partial charge in [-0.1, -0.05) is 0 Å². The Kier molecular flexibility index (Phi) is 12.3. The number of amides is 3. The predicted octanol–water partition coefficient (Wildman–Crippen LogP) is -3.44. The van der Waals surface area contributed by atoms with Gasteiger partial charge in [0.15, 0.2) is 0 Å². The molecule has 0 saturated heterocycles. The number of hydrogen-bond acceptors (Lipinski definition) is 8.